The number of fused-ring (bicyclic) bond motifs is 1. The number of carbonyl (C=O) groups excluding carboxylic acids is 2. The van der Waals surface area contributed by atoms with Gasteiger partial charge >= 0.3 is 0 Å². The maximum absolute atomic E-state index is 12.3. The van der Waals surface area contributed by atoms with Gasteiger partial charge in [-0.2, -0.15) is 0 Å². The molecule has 0 aliphatic rings. The Labute approximate surface area is 178 Å². The Morgan fingerprint density at radius 1 is 0.935 bits per heavy atom. The average Bonchev–Trinajstić information content (AvgIpc) is 3.20. The lowest BCUT2D eigenvalue weighted by atomic mass is 10.1. The molecule has 4 rings (SSSR count). The summed E-state index contributed by atoms with van der Waals surface area (Å²) < 4.78 is 7.26. The first-order valence-corrected chi connectivity index (χ1v) is 9.75. The van der Waals surface area contributed by atoms with Crippen molar-refractivity contribution >= 4 is 22.8 Å². The van der Waals surface area contributed by atoms with Crippen LogP contribution in [0.4, 0.5) is 0 Å². The summed E-state index contributed by atoms with van der Waals surface area (Å²) in [6.45, 7) is 2.23. The highest BCUT2D eigenvalue weighted by Crippen LogP contribution is 2.16. The standard InChI is InChI=1S/C23H21N5O3/c1-16-6-2-5-9-21(16)31-15-22(29)25-26-23(30)18-12-10-17(11-13-18)14-28-20-8-4-3-7-19(20)24-27-28/h2-13H,14-15H2,1H3,(H,25,29)(H,26,30). The van der Waals surface area contributed by atoms with Gasteiger partial charge in [0.05, 0.1) is 12.1 Å². The first kappa shape index (κ1) is 20.1. The third kappa shape index (κ3) is 4.87. The number of amides is 2. The third-order valence-electron chi connectivity index (χ3n) is 4.74. The number of benzene rings is 3. The maximum atomic E-state index is 12.3. The van der Waals surface area contributed by atoms with Gasteiger partial charge in [-0.25, -0.2) is 4.68 Å². The normalized spacial score (nSPS) is 10.6. The van der Waals surface area contributed by atoms with E-state index in [1.807, 2.05) is 61.5 Å². The molecule has 8 nitrogen and oxygen atoms in total. The van der Waals surface area contributed by atoms with Crippen molar-refractivity contribution in [2.24, 2.45) is 0 Å². The van der Waals surface area contributed by atoms with Crippen molar-refractivity contribution in [1.29, 1.82) is 0 Å². The fourth-order valence-corrected chi connectivity index (χ4v) is 3.06. The third-order valence-corrected chi connectivity index (χ3v) is 4.74. The first-order chi connectivity index (χ1) is 15.1. The molecule has 0 saturated heterocycles. The van der Waals surface area contributed by atoms with Gasteiger partial charge in [-0.15, -0.1) is 5.10 Å². The predicted octanol–water partition coefficient (Wildman–Crippen LogP) is 2.63. The van der Waals surface area contributed by atoms with Crippen LogP contribution >= 0.6 is 0 Å². The SMILES string of the molecule is Cc1ccccc1OCC(=O)NNC(=O)c1ccc(Cn2nnc3ccccc32)cc1. The molecule has 0 bridgehead atoms. The molecular weight excluding hydrogens is 394 g/mol. The van der Waals surface area contributed by atoms with Crippen LogP contribution in [0.1, 0.15) is 21.5 Å². The molecule has 4 aromatic rings. The summed E-state index contributed by atoms with van der Waals surface area (Å²) in [4.78, 5) is 24.2. The Kier molecular flexibility index (Phi) is 5.89. The van der Waals surface area contributed by atoms with E-state index in [0.29, 0.717) is 17.9 Å². The topological polar surface area (TPSA) is 98.1 Å². The highest BCUT2D eigenvalue weighted by molar-refractivity contribution is 5.95. The van der Waals surface area contributed by atoms with Crippen LogP contribution in [-0.2, 0) is 11.3 Å². The summed E-state index contributed by atoms with van der Waals surface area (Å²) in [5.41, 5.74) is 8.85. The lowest BCUT2D eigenvalue weighted by Crippen LogP contribution is -2.43. The smallest absolute Gasteiger partial charge is 0.276 e. The zero-order chi connectivity index (χ0) is 21.6. The molecular formula is C23H21N5O3. The van der Waals surface area contributed by atoms with Gasteiger partial charge in [0.1, 0.15) is 11.3 Å². The first-order valence-electron chi connectivity index (χ1n) is 9.75. The Balaban J connectivity index is 1.29. The largest absolute Gasteiger partial charge is 0.483 e. The number of hydrogen-bond donors (Lipinski definition) is 2. The van der Waals surface area contributed by atoms with Crippen LogP contribution in [0.3, 0.4) is 0 Å². The molecule has 2 amide bonds. The Bertz CT molecular complexity index is 1220. The molecule has 0 aliphatic carbocycles. The van der Waals surface area contributed by atoms with E-state index < -0.39 is 11.8 Å². The van der Waals surface area contributed by atoms with Crippen molar-refractivity contribution < 1.29 is 14.3 Å². The minimum Gasteiger partial charge on any atom is -0.483 e. The minimum absolute atomic E-state index is 0.198. The van der Waals surface area contributed by atoms with E-state index >= 15 is 0 Å². The highest BCUT2D eigenvalue weighted by atomic mass is 16.5. The number of hydrogen-bond acceptors (Lipinski definition) is 5. The molecule has 0 unspecified atom stereocenters. The summed E-state index contributed by atoms with van der Waals surface area (Å²) in [7, 11) is 0. The molecule has 8 heteroatoms. The molecule has 0 radical (unpaired) electrons. The number of nitrogens with zero attached hydrogens (tertiary/aromatic N) is 3. The summed E-state index contributed by atoms with van der Waals surface area (Å²) in [6, 6.07) is 22.2. The minimum atomic E-state index is -0.453. The van der Waals surface area contributed by atoms with Gasteiger partial charge in [-0.1, -0.05) is 47.7 Å². The van der Waals surface area contributed by atoms with Gasteiger partial charge < -0.3 is 4.74 Å². The lowest BCUT2D eigenvalue weighted by molar-refractivity contribution is -0.123. The second kappa shape index (κ2) is 9.08. The molecule has 1 aromatic heterocycles. The number of nitrogens with one attached hydrogen (secondary N) is 2. The molecule has 1 heterocycles. The molecule has 0 spiro atoms. The Morgan fingerprint density at radius 3 is 2.48 bits per heavy atom. The number of hydrazine groups is 1. The number of aromatic nitrogens is 3. The monoisotopic (exact) mass is 415 g/mol. The summed E-state index contributed by atoms with van der Waals surface area (Å²) in [5, 5.41) is 8.31. The second-order valence-electron chi connectivity index (χ2n) is 6.99. The van der Waals surface area contributed by atoms with E-state index in [4.69, 9.17) is 4.74 Å². The number of aryl methyl sites for hydroxylation is 1. The Morgan fingerprint density at radius 2 is 1.68 bits per heavy atom. The number of ether oxygens (including phenoxy) is 1. The summed E-state index contributed by atoms with van der Waals surface area (Å²) >= 11 is 0. The maximum Gasteiger partial charge on any atom is 0.276 e. The molecule has 156 valence electrons. The van der Waals surface area contributed by atoms with Crippen molar-refractivity contribution in [3.05, 3.63) is 89.5 Å². The van der Waals surface area contributed by atoms with Crippen molar-refractivity contribution in [1.82, 2.24) is 25.8 Å². The number of rotatable bonds is 6. The lowest BCUT2D eigenvalue weighted by Gasteiger charge is -2.10. The van der Waals surface area contributed by atoms with Gasteiger partial charge in [0, 0.05) is 5.56 Å². The van der Waals surface area contributed by atoms with E-state index in [1.165, 1.54) is 0 Å². The van der Waals surface area contributed by atoms with E-state index in [9.17, 15) is 9.59 Å². The molecule has 31 heavy (non-hydrogen) atoms. The Hall–Kier alpha value is -4.20. The zero-order valence-corrected chi connectivity index (χ0v) is 16.9. The van der Waals surface area contributed by atoms with Crippen LogP contribution in [0.5, 0.6) is 5.75 Å². The molecule has 0 fully saturated rings. The van der Waals surface area contributed by atoms with Crippen LogP contribution in [0.25, 0.3) is 11.0 Å². The molecule has 0 aliphatic heterocycles. The second-order valence-corrected chi connectivity index (χ2v) is 6.99. The van der Waals surface area contributed by atoms with Gasteiger partial charge in [0.25, 0.3) is 11.8 Å². The highest BCUT2D eigenvalue weighted by Gasteiger charge is 2.10. The zero-order valence-electron chi connectivity index (χ0n) is 16.9. The van der Waals surface area contributed by atoms with E-state index in [-0.39, 0.29) is 6.61 Å². The van der Waals surface area contributed by atoms with Crippen molar-refractivity contribution in [2.45, 2.75) is 13.5 Å². The van der Waals surface area contributed by atoms with E-state index in [2.05, 4.69) is 21.2 Å². The van der Waals surface area contributed by atoms with Gasteiger partial charge in [-0.3, -0.25) is 20.4 Å². The average molecular weight is 415 g/mol. The molecule has 0 atom stereocenters. The van der Waals surface area contributed by atoms with Crippen molar-refractivity contribution in [3.63, 3.8) is 0 Å². The quantitative estimate of drug-likeness (QED) is 0.472. The molecule has 0 saturated carbocycles. The van der Waals surface area contributed by atoms with Gasteiger partial charge in [0.15, 0.2) is 6.61 Å². The van der Waals surface area contributed by atoms with Crippen LogP contribution < -0.4 is 15.6 Å². The van der Waals surface area contributed by atoms with Crippen molar-refractivity contribution in [2.75, 3.05) is 6.61 Å². The fraction of sp³-hybridized carbons (Fsp3) is 0.130. The predicted molar refractivity (Wildman–Crippen MR) is 115 cm³/mol. The molecule has 2 N–H and O–H groups in total. The van der Waals surface area contributed by atoms with E-state index in [1.54, 1.807) is 22.9 Å². The van der Waals surface area contributed by atoms with Crippen LogP contribution in [-0.4, -0.2) is 33.4 Å². The van der Waals surface area contributed by atoms with Crippen LogP contribution in [0, 0.1) is 6.92 Å². The number of carbonyl (C=O) groups is 2. The van der Waals surface area contributed by atoms with Crippen LogP contribution in [0.15, 0.2) is 72.8 Å². The fourth-order valence-electron chi connectivity index (χ4n) is 3.06. The van der Waals surface area contributed by atoms with Crippen molar-refractivity contribution in [3.8, 4) is 5.75 Å². The van der Waals surface area contributed by atoms with Gasteiger partial charge in [-0.05, 0) is 48.4 Å². The number of para-hydroxylation sites is 2. The molecule has 3 aromatic carbocycles. The van der Waals surface area contributed by atoms with E-state index in [0.717, 1.165) is 22.2 Å². The summed E-state index contributed by atoms with van der Waals surface area (Å²) in [5.74, 6) is -0.243. The van der Waals surface area contributed by atoms with Crippen LogP contribution in [0.2, 0.25) is 0 Å². The van der Waals surface area contributed by atoms with Gasteiger partial charge in [0.2, 0.25) is 0 Å². The summed E-state index contributed by atoms with van der Waals surface area (Å²) in [6.07, 6.45) is 0.